The lowest BCUT2D eigenvalue weighted by Gasteiger charge is -2.31. The molecule has 2 heterocycles. The Kier molecular flexibility index (Phi) is 5.63. The molecule has 1 amide bonds. The normalized spacial score (nSPS) is 16.4. The standard InChI is InChI=1S/C18H25N5OS/c1-12(21-17(24)16-10-25-11-20-16)15-9-19-18(22-13(15)2)23(3)14-7-5-4-6-8-14/h9-12,14H,4-8H2,1-3H3,(H,21,24). The average Bonchev–Trinajstić information content (AvgIpc) is 3.16. The van der Waals surface area contributed by atoms with Crippen LogP contribution >= 0.6 is 11.3 Å². The van der Waals surface area contributed by atoms with E-state index in [0.717, 1.165) is 17.2 Å². The van der Waals surface area contributed by atoms with Crippen molar-refractivity contribution in [3.63, 3.8) is 0 Å². The highest BCUT2D eigenvalue weighted by atomic mass is 32.1. The number of carbonyl (C=O) groups excluding carboxylic acids is 1. The molecule has 1 fully saturated rings. The molecule has 3 rings (SSSR count). The third kappa shape index (κ3) is 4.15. The van der Waals surface area contributed by atoms with E-state index in [4.69, 9.17) is 0 Å². The second-order valence-electron chi connectivity index (χ2n) is 6.68. The Bertz CT molecular complexity index is 712. The van der Waals surface area contributed by atoms with Crippen molar-refractivity contribution in [1.82, 2.24) is 20.3 Å². The Morgan fingerprint density at radius 3 is 2.72 bits per heavy atom. The van der Waals surface area contributed by atoms with E-state index in [0.29, 0.717) is 11.7 Å². The average molecular weight is 359 g/mol. The van der Waals surface area contributed by atoms with Crippen LogP contribution in [0, 0.1) is 6.92 Å². The molecule has 1 N–H and O–H groups in total. The molecule has 25 heavy (non-hydrogen) atoms. The van der Waals surface area contributed by atoms with Crippen LogP contribution in [0.4, 0.5) is 5.95 Å². The topological polar surface area (TPSA) is 71.0 Å². The van der Waals surface area contributed by atoms with Gasteiger partial charge >= 0.3 is 0 Å². The molecule has 1 unspecified atom stereocenters. The summed E-state index contributed by atoms with van der Waals surface area (Å²) < 4.78 is 0. The highest BCUT2D eigenvalue weighted by Crippen LogP contribution is 2.25. The Morgan fingerprint density at radius 1 is 1.32 bits per heavy atom. The zero-order chi connectivity index (χ0) is 17.8. The second-order valence-corrected chi connectivity index (χ2v) is 7.40. The number of hydrogen-bond acceptors (Lipinski definition) is 6. The molecule has 0 aliphatic heterocycles. The number of nitrogens with one attached hydrogen (secondary N) is 1. The van der Waals surface area contributed by atoms with Crippen LogP contribution in [0.3, 0.4) is 0 Å². The predicted octanol–water partition coefficient (Wildman–Crippen LogP) is 3.50. The smallest absolute Gasteiger partial charge is 0.271 e. The molecule has 0 aromatic carbocycles. The van der Waals surface area contributed by atoms with Gasteiger partial charge in [-0.05, 0) is 26.7 Å². The number of aromatic nitrogens is 3. The molecule has 1 atom stereocenters. The number of hydrogen-bond donors (Lipinski definition) is 1. The van der Waals surface area contributed by atoms with Gasteiger partial charge in [0.15, 0.2) is 0 Å². The molecule has 1 aliphatic carbocycles. The molecule has 6 nitrogen and oxygen atoms in total. The van der Waals surface area contributed by atoms with E-state index in [1.54, 1.807) is 10.9 Å². The minimum Gasteiger partial charge on any atom is -0.344 e. The van der Waals surface area contributed by atoms with Crippen molar-refractivity contribution in [2.24, 2.45) is 0 Å². The van der Waals surface area contributed by atoms with Gasteiger partial charge in [-0.15, -0.1) is 11.3 Å². The van der Waals surface area contributed by atoms with Crippen LogP contribution in [-0.2, 0) is 0 Å². The summed E-state index contributed by atoms with van der Waals surface area (Å²) in [5.41, 5.74) is 3.94. The molecule has 1 saturated carbocycles. The van der Waals surface area contributed by atoms with Gasteiger partial charge in [-0.3, -0.25) is 4.79 Å². The zero-order valence-electron chi connectivity index (χ0n) is 15.0. The van der Waals surface area contributed by atoms with Crippen LogP contribution in [0.1, 0.15) is 66.8 Å². The SMILES string of the molecule is Cc1nc(N(C)C2CCCCC2)ncc1C(C)NC(=O)c1cscn1. The van der Waals surface area contributed by atoms with Gasteiger partial charge in [-0.25, -0.2) is 15.0 Å². The number of carbonyl (C=O) groups is 1. The van der Waals surface area contributed by atoms with Crippen molar-refractivity contribution < 1.29 is 4.79 Å². The summed E-state index contributed by atoms with van der Waals surface area (Å²) in [5.74, 6) is 0.600. The van der Waals surface area contributed by atoms with E-state index in [1.807, 2.05) is 20.0 Å². The van der Waals surface area contributed by atoms with Crippen molar-refractivity contribution in [3.05, 3.63) is 34.0 Å². The molecule has 0 spiro atoms. The lowest BCUT2D eigenvalue weighted by Crippen LogP contribution is -2.35. The number of anilines is 1. The summed E-state index contributed by atoms with van der Waals surface area (Å²) in [6.07, 6.45) is 8.15. The number of aryl methyl sites for hydroxylation is 1. The fourth-order valence-electron chi connectivity index (χ4n) is 3.36. The fraction of sp³-hybridized carbons (Fsp3) is 0.556. The number of amides is 1. The zero-order valence-corrected chi connectivity index (χ0v) is 15.8. The number of rotatable bonds is 5. The summed E-state index contributed by atoms with van der Waals surface area (Å²) in [6.45, 7) is 3.92. The second kappa shape index (κ2) is 7.91. The van der Waals surface area contributed by atoms with Gasteiger partial charge in [0.1, 0.15) is 5.69 Å². The Morgan fingerprint density at radius 2 is 2.08 bits per heavy atom. The van der Waals surface area contributed by atoms with Crippen molar-refractivity contribution in [2.75, 3.05) is 11.9 Å². The van der Waals surface area contributed by atoms with Gasteiger partial charge in [-0.2, -0.15) is 0 Å². The maximum absolute atomic E-state index is 12.2. The lowest BCUT2D eigenvalue weighted by atomic mass is 9.95. The molecule has 7 heteroatoms. The predicted molar refractivity (Wildman–Crippen MR) is 100 cm³/mol. The van der Waals surface area contributed by atoms with Crippen molar-refractivity contribution in [2.45, 2.75) is 58.0 Å². The maximum atomic E-state index is 12.2. The molecule has 1 aliphatic rings. The van der Waals surface area contributed by atoms with Crippen molar-refractivity contribution in [3.8, 4) is 0 Å². The first-order valence-corrected chi connectivity index (χ1v) is 9.76. The van der Waals surface area contributed by atoms with Crippen LogP contribution in [0.15, 0.2) is 17.1 Å². The van der Waals surface area contributed by atoms with Gasteiger partial charge < -0.3 is 10.2 Å². The summed E-state index contributed by atoms with van der Waals surface area (Å²) in [7, 11) is 2.08. The van der Waals surface area contributed by atoms with Gasteiger partial charge in [-0.1, -0.05) is 19.3 Å². The quantitative estimate of drug-likeness (QED) is 0.885. The fourth-order valence-corrected chi connectivity index (χ4v) is 3.90. The van der Waals surface area contributed by atoms with Crippen LogP contribution in [0.5, 0.6) is 0 Å². The molecular weight excluding hydrogens is 334 g/mol. The molecular formula is C18H25N5OS. The summed E-state index contributed by atoms with van der Waals surface area (Å²) in [5, 5.41) is 4.71. The first-order valence-electron chi connectivity index (χ1n) is 8.81. The van der Waals surface area contributed by atoms with E-state index in [-0.39, 0.29) is 11.9 Å². The van der Waals surface area contributed by atoms with E-state index >= 15 is 0 Å². The highest BCUT2D eigenvalue weighted by Gasteiger charge is 2.21. The lowest BCUT2D eigenvalue weighted by molar-refractivity contribution is 0.0935. The Hall–Kier alpha value is -2.02. The van der Waals surface area contributed by atoms with Crippen LogP contribution < -0.4 is 10.2 Å². The highest BCUT2D eigenvalue weighted by molar-refractivity contribution is 7.07. The van der Waals surface area contributed by atoms with Gasteiger partial charge in [0.05, 0.1) is 11.6 Å². The van der Waals surface area contributed by atoms with Crippen LogP contribution in [0.25, 0.3) is 0 Å². The van der Waals surface area contributed by atoms with Crippen molar-refractivity contribution >= 4 is 23.2 Å². The molecule has 0 bridgehead atoms. The van der Waals surface area contributed by atoms with E-state index < -0.39 is 0 Å². The third-order valence-corrected chi connectivity index (χ3v) is 5.51. The largest absolute Gasteiger partial charge is 0.344 e. The number of nitrogens with zero attached hydrogens (tertiary/aromatic N) is 4. The number of thiazole rings is 1. The van der Waals surface area contributed by atoms with Gasteiger partial charge in [0.2, 0.25) is 5.95 Å². The van der Waals surface area contributed by atoms with E-state index in [1.165, 1.54) is 43.4 Å². The molecule has 0 saturated heterocycles. The Labute approximate surface area is 152 Å². The van der Waals surface area contributed by atoms with Crippen molar-refractivity contribution in [1.29, 1.82) is 0 Å². The molecule has 2 aromatic heterocycles. The first kappa shape index (κ1) is 17.8. The van der Waals surface area contributed by atoms with E-state index in [2.05, 4.69) is 32.2 Å². The summed E-state index contributed by atoms with van der Waals surface area (Å²) >= 11 is 1.41. The Balaban J connectivity index is 1.69. The third-order valence-electron chi connectivity index (χ3n) is 4.92. The monoisotopic (exact) mass is 359 g/mol. The minimum atomic E-state index is -0.170. The maximum Gasteiger partial charge on any atom is 0.271 e. The van der Waals surface area contributed by atoms with Gasteiger partial charge in [0.25, 0.3) is 5.91 Å². The molecule has 134 valence electrons. The van der Waals surface area contributed by atoms with Gasteiger partial charge in [0, 0.05) is 35.9 Å². The van der Waals surface area contributed by atoms with Crippen LogP contribution in [-0.4, -0.2) is 33.9 Å². The van der Waals surface area contributed by atoms with Crippen LogP contribution in [0.2, 0.25) is 0 Å². The summed E-state index contributed by atoms with van der Waals surface area (Å²) in [6, 6.07) is 0.365. The minimum absolute atomic E-state index is 0.164. The summed E-state index contributed by atoms with van der Waals surface area (Å²) in [4.78, 5) is 27.7. The molecule has 0 radical (unpaired) electrons. The van der Waals surface area contributed by atoms with E-state index in [9.17, 15) is 4.79 Å². The first-order chi connectivity index (χ1) is 12.1. The molecule has 2 aromatic rings.